The van der Waals surface area contributed by atoms with E-state index in [1.54, 1.807) is 0 Å². The third-order valence-corrected chi connectivity index (χ3v) is 9.52. The van der Waals surface area contributed by atoms with Crippen molar-refractivity contribution in [3.8, 4) is 11.5 Å². The molecular weight excluding hydrogens is 370 g/mol. The average Bonchev–Trinajstić information content (AvgIpc) is 2.36. The lowest BCUT2D eigenvalue weighted by molar-refractivity contribution is 0.515. The number of hydrogen-bond donors (Lipinski definition) is 0. The van der Waals surface area contributed by atoms with Gasteiger partial charge in [-0.25, -0.2) is 0 Å². The molecule has 4 heteroatoms. The van der Waals surface area contributed by atoms with Gasteiger partial charge < -0.3 is 9.05 Å². The molecule has 0 saturated heterocycles. The van der Waals surface area contributed by atoms with Crippen LogP contribution in [0.25, 0.3) is 0 Å². The molecule has 0 aliphatic carbocycles. The van der Waals surface area contributed by atoms with Gasteiger partial charge in [0.25, 0.3) is 0 Å². The monoisotopic (exact) mass is 412 g/mol. The highest BCUT2D eigenvalue weighted by atomic mass is 31.1. The van der Waals surface area contributed by atoms with Crippen LogP contribution in [-0.2, 0) is 0 Å². The smallest absolute Gasteiger partial charge is 0.127 e. The largest absolute Gasteiger partial charge is 0.473 e. The Kier molecular flexibility index (Phi) is 7.51. The molecule has 0 aliphatic heterocycles. The molecule has 0 atom stereocenters. The van der Waals surface area contributed by atoms with E-state index in [0.717, 1.165) is 11.5 Å². The first-order valence-corrected chi connectivity index (χ1v) is 12.4. The summed E-state index contributed by atoms with van der Waals surface area (Å²) in [6.45, 7) is 29.4. The summed E-state index contributed by atoms with van der Waals surface area (Å²) >= 11 is 0. The summed E-state index contributed by atoms with van der Waals surface area (Å²) in [5.41, 5.74) is 1.18. The Morgan fingerprint density at radius 3 is 1.00 bits per heavy atom. The third-order valence-electron chi connectivity index (χ3n) is 3.85. The molecule has 1 aromatic carbocycles. The van der Waals surface area contributed by atoms with Crippen molar-refractivity contribution in [2.75, 3.05) is 0 Å². The molecule has 27 heavy (non-hydrogen) atoms. The van der Waals surface area contributed by atoms with Crippen molar-refractivity contribution in [3.63, 3.8) is 0 Å². The zero-order valence-electron chi connectivity index (χ0n) is 19.9. The summed E-state index contributed by atoms with van der Waals surface area (Å²) in [7, 11) is -1.32. The summed E-state index contributed by atoms with van der Waals surface area (Å²) in [6, 6.07) is 6.36. The Hall–Kier alpha value is -0.320. The zero-order valence-corrected chi connectivity index (χ0v) is 21.7. The van der Waals surface area contributed by atoms with E-state index < -0.39 is 16.3 Å². The molecule has 0 aliphatic rings. The Labute approximate surface area is 171 Å². The third kappa shape index (κ3) is 7.55. The molecule has 0 saturated carbocycles. The normalized spacial score (nSPS) is 14.0. The first-order valence-electron chi connectivity index (χ1n) is 9.90. The number of benzene rings is 1. The first-order chi connectivity index (χ1) is 11.8. The van der Waals surface area contributed by atoms with Crippen LogP contribution < -0.4 is 9.05 Å². The van der Waals surface area contributed by atoms with Crippen molar-refractivity contribution in [2.45, 2.75) is 111 Å². The van der Waals surface area contributed by atoms with Crippen molar-refractivity contribution in [3.05, 3.63) is 23.8 Å². The van der Waals surface area contributed by atoms with Crippen LogP contribution in [0.2, 0.25) is 0 Å². The second-order valence-electron chi connectivity index (χ2n) is 11.4. The maximum absolute atomic E-state index is 6.61. The Morgan fingerprint density at radius 1 is 0.519 bits per heavy atom. The fourth-order valence-electron chi connectivity index (χ4n) is 3.59. The van der Waals surface area contributed by atoms with Crippen LogP contribution in [0.5, 0.6) is 11.5 Å². The van der Waals surface area contributed by atoms with Gasteiger partial charge in [0.2, 0.25) is 0 Å². The van der Waals surface area contributed by atoms with Gasteiger partial charge in [0.1, 0.15) is 11.5 Å². The zero-order chi connectivity index (χ0) is 21.4. The molecule has 0 spiro atoms. The first kappa shape index (κ1) is 24.7. The van der Waals surface area contributed by atoms with Crippen LogP contribution in [0.15, 0.2) is 18.2 Å². The molecule has 0 fully saturated rings. The number of aryl methyl sites for hydroxylation is 1. The van der Waals surface area contributed by atoms with Gasteiger partial charge in [-0.05, 0) is 24.6 Å². The van der Waals surface area contributed by atoms with Gasteiger partial charge in [-0.15, -0.1) is 0 Å². The van der Waals surface area contributed by atoms with Crippen molar-refractivity contribution < 1.29 is 9.05 Å². The van der Waals surface area contributed by atoms with E-state index in [4.69, 9.17) is 9.05 Å². The predicted octanol–water partition coefficient (Wildman–Crippen LogP) is 8.74. The van der Waals surface area contributed by atoms with Crippen LogP contribution in [0.3, 0.4) is 0 Å². The van der Waals surface area contributed by atoms with E-state index in [1.807, 2.05) is 0 Å². The highest BCUT2D eigenvalue weighted by Gasteiger charge is 2.39. The van der Waals surface area contributed by atoms with Gasteiger partial charge in [-0.3, -0.25) is 0 Å². The summed E-state index contributed by atoms with van der Waals surface area (Å²) in [5, 5.41) is 0.452. The second kappa shape index (κ2) is 8.20. The molecule has 1 aromatic rings. The lowest BCUT2D eigenvalue weighted by atomic mass is 10.2. The highest BCUT2D eigenvalue weighted by molar-refractivity contribution is 7.56. The van der Waals surface area contributed by atoms with Gasteiger partial charge in [-0.1, -0.05) is 83.1 Å². The van der Waals surface area contributed by atoms with E-state index in [-0.39, 0.29) is 20.6 Å². The van der Waals surface area contributed by atoms with E-state index in [2.05, 4.69) is 108 Å². The molecule has 0 radical (unpaired) electrons. The molecule has 0 aromatic heterocycles. The summed E-state index contributed by atoms with van der Waals surface area (Å²) in [4.78, 5) is 0. The van der Waals surface area contributed by atoms with Crippen LogP contribution in [0.4, 0.5) is 0 Å². The number of hydrogen-bond acceptors (Lipinski definition) is 2. The molecule has 0 unspecified atom stereocenters. The molecular formula is C23H42O2P2. The van der Waals surface area contributed by atoms with Crippen LogP contribution in [-0.4, -0.2) is 20.6 Å². The van der Waals surface area contributed by atoms with E-state index >= 15 is 0 Å². The van der Waals surface area contributed by atoms with Crippen molar-refractivity contribution in [2.24, 2.45) is 0 Å². The lowest BCUT2D eigenvalue weighted by Crippen LogP contribution is -2.28. The molecule has 0 bridgehead atoms. The number of rotatable bonds is 4. The average molecular weight is 413 g/mol. The minimum absolute atomic E-state index is 0.113. The van der Waals surface area contributed by atoms with Gasteiger partial charge in [0, 0.05) is 26.7 Å². The Bertz CT molecular complexity index is 545. The highest BCUT2D eigenvalue weighted by Crippen LogP contribution is 2.61. The fourth-order valence-corrected chi connectivity index (χ4v) is 9.34. The van der Waals surface area contributed by atoms with Crippen molar-refractivity contribution >= 4 is 16.3 Å². The van der Waals surface area contributed by atoms with Crippen molar-refractivity contribution in [1.82, 2.24) is 0 Å². The minimum Gasteiger partial charge on any atom is -0.473 e. The standard InChI is InChI=1S/C23H42O2P2/c1-17-14-18(24-26(20(2,3)4)21(5,6)7)16-19(15-17)25-27(22(8,9)10)23(11,12)13/h14-16H,1-13H3. The molecule has 0 N–H and O–H groups in total. The molecule has 156 valence electrons. The Morgan fingerprint density at radius 2 is 0.778 bits per heavy atom. The quantitative estimate of drug-likeness (QED) is 0.460. The van der Waals surface area contributed by atoms with Gasteiger partial charge in [0.15, 0.2) is 0 Å². The summed E-state index contributed by atoms with van der Waals surface area (Å²) in [6.07, 6.45) is 0. The molecule has 1 rings (SSSR count). The van der Waals surface area contributed by atoms with Crippen LogP contribution >= 0.6 is 16.3 Å². The predicted molar refractivity (Wildman–Crippen MR) is 125 cm³/mol. The fraction of sp³-hybridized carbons (Fsp3) is 0.739. The maximum atomic E-state index is 6.61. The summed E-state index contributed by atoms with van der Waals surface area (Å²) in [5.74, 6) is 1.86. The molecule has 2 nitrogen and oxygen atoms in total. The van der Waals surface area contributed by atoms with E-state index in [9.17, 15) is 0 Å². The van der Waals surface area contributed by atoms with Gasteiger partial charge in [-0.2, -0.15) is 0 Å². The topological polar surface area (TPSA) is 18.5 Å². The summed E-state index contributed by atoms with van der Waals surface area (Å²) < 4.78 is 13.2. The second-order valence-corrected chi connectivity index (χ2v) is 18.3. The van der Waals surface area contributed by atoms with Crippen LogP contribution in [0.1, 0.15) is 88.6 Å². The lowest BCUT2D eigenvalue weighted by Gasteiger charge is -2.40. The SMILES string of the molecule is Cc1cc(OP(C(C)(C)C)C(C)(C)C)cc(OP(C(C)(C)C)C(C)(C)C)c1. The molecule has 0 heterocycles. The van der Waals surface area contributed by atoms with Gasteiger partial charge in [0.05, 0.1) is 16.3 Å². The van der Waals surface area contributed by atoms with Gasteiger partial charge >= 0.3 is 0 Å². The minimum atomic E-state index is -0.660. The van der Waals surface area contributed by atoms with Crippen LogP contribution in [0, 0.1) is 6.92 Å². The van der Waals surface area contributed by atoms with Crippen molar-refractivity contribution in [1.29, 1.82) is 0 Å². The maximum Gasteiger partial charge on any atom is 0.127 e. The van der Waals surface area contributed by atoms with E-state index in [0.29, 0.717) is 0 Å². The van der Waals surface area contributed by atoms with E-state index in [1.165, 1.54) is 5.56 Å². The molecule has 0 amide bonds. The Balaban J connectivity index is 3.24.